The average molecular weight is 377 g/mol. The molecule has 1 amide bonds. The van der Waals surface area contributed by atoms with Gasteiger partial charge in [0.15, 0.2) is 0 Å². The summed E-state index contributed by atoms with van der Waals surface area (Å²) in [6, 6.07) is 15.6. The first-order valence-electron chi connectivity index (χ1n) is 9.70. The summed E-state index contributed by atoms with van der Waals surface area (Å²) in [7, 11) is 0. The van der Waals surface area contributed by atoms with Crippen LogP contribution in [0.15, 0.2) is 48.5 Å². The first-order valence-corrected chi connectivity index (χ1v) is 9.70. The summed E-state index contributed by atoms with van der Waals surface area (Å²) in [6.45, 7) is 6.44. The van der Waals surface area contributed by atoms with Crippen LogP contribution in [0.5, 0.6) is 5.75 Å². The normalized spacial score (nSPS) is 13.8. The number of phenols is 1. The molecule has 0 atom stereocenters. The number of hydrogen-bond acceptors (Lipinski definition) is 4. The van der Waals surface area contributed by atoms with E-state index in [0.29, 0.717) is 12.3 Å². The third-order valence-corrected chi connectivity index (χ3v) is 4.93. The minimum absolute atomic E-state index is 0.155. The standard InChI is InChI=1S/C23H27N3O2/c1-19(27)25-15-17-26(18-16-25)22-8-4-20(5-9-22)3-2-13-24-14-12-21-6-10-23(28)11-7-21/h4-11,24,28H,12-18H2,1H3. The van der Waals surface area contributed by atoms with Crippen molar-refractivity contribution in [3.8, 4) is 17.6 Å². The number of carbonyl (C=O) groups is 1. The maximum Gasteiger partial charge on any atom is 0.219 e. The lowest BCUT2D eigenvalue weighted by atomic mass is 10.1. The third-order valence-electron chi connectivity index (χ3n) is 4.93. The van der Waals surface area contributed by atoms with Crippen LogP contribution in [0, 0.1) is 11.8 Å². The van der Waals surface area contributed by atoms with Crippen LogP contribution in [0.25, 0.3) is 0 Å². The molecule has 0 spiro atoms. The zero-order chi connectivity index (χ0) is 19.8. The molecule has 2 aromatic rings. The molecule has 0 aliphatic carbocycles. The van der Waals surface area contributed by atoms with Gasteiger partial charge in [0.25, 0.3) is 0 Å². The third kappa shape index (κ3) is 5.77. The molecule has 5 heteroatoms. The van der Waals surface area contributed by atoms with Crippen molar-refractivity contribution in [3.63, 3.8) is 0 Å². The summed E-state index contributed by atoms with van der Waals surface area (Å²) < 4.78 is 0. The molecular formula is C23H27N3O2. The van der Waals surface area contributed by atoms with Gasteiger partial charge in [-0.15, -0.1) is 0 Å². The molecule has 1 saturated heterocycles. The van der Waals surface area contributed by atoms with Crippen LogP contribution in [0.4, 0.5) is 5.69 Å². The summed E-state index contributed by atoms with van der Waals surface area (Å²) >= 11 is 0. The molecule has 0 bridgehead atoms. The number of amides is 1. The molecule has 0 saturated carbocycles. The van der Waals surface area contributed by atoms with Gasteiger partial charge >= 0.3 is 0 Å². The van der Waals surface area contributed by atoms with Gasteiger partial charge < -0.3 is 20.2 Å². The maximum atomic E-state index is 11.4. The fraction of sp³-hybridized carbons (Fsp3) is 0.348. The smallest absolute Gasteiger partial charge is 0.219 e. The fourth-order valence-corrected chi connectivity index (χ4v) is 3.23. The summed E-state index contributed by atoms with van der Waals surface area (Å²) in [5, 5.41) is 12.6. The minimum Gasteiger partial charge on any atom is -0.508 e. The van der Waals surface area contributed by atoms with Crippen molar-refractivity contribution >= 4 is 11.6 Å². The first-order chi connectivity index (χ1) is 13.6. The fourth-order valence-electron chi connectivity index (χ4n) is 3.23. The van der Waals surface area contributed by atoms with Crippen LogP contribution in [0.3, 0.4) is 0 Å². The molecule has 2 aromatic carbocycles. The second-order valence-corrected chi connectivity index (χ2v) is 6.93. The molecule has 1 heterocycles. The number of carbonyl (C=O) groups excluding carboxylic acids is 1. The van der Waals surface area contributed by atoms with E-state index in [2.05, 4.69) is 46.3 Å². The van der Waals surface area contributed by atoms with Crippen LogP contribution in [0.1, 0.15) is 18.1 Å². The monoisotopic (exact) mass is 377 g/mol. The number of aromatic hydroxyl groups is 1. The zero-order valence-corrected chi connectivity index (χ0v) is 16.3. The van der Waals surface area contributed by atoms with Crippen molar-refractivity contribution in [3.05, 3.63) is 59.7 Å². The molecule has 5 nitrogen and oxygen atoms in total. The predicted molar refractivity (Wildman–Crippen MR) is 112 cm³/mol. The summed E-state index contributed by atoms with van der Waals surface area (Å²) in [5.74, 6) is 6.79. The van der Waals surface area contributed by atoms with E-state index in [4.69, 9.17) is 0 Å². The second-order valence-electron chi connectivity index (χ2n) is 6.93. The number of anilines is 1. The van der Waals surface area contributed by atoms with E-state index in [1.807, 2.05) is 17.0 Å². The number of phenolic OH excluding ortho intramolecular Hbond substituents is 1. The molecule has 0 radical (unpaired) electrons. The highest BCUT2D eigenvalue weighted by atomic mass is 16.3. The number of nitrogens with zero attached hydrogens (tertiary/aromatic N) is 2. The Bertz CT molecular complexity index is 827. The van der Waals surface area contributed by atoms with Gasteiger partial charge in [-0.1, -0.05) is 24.0 Å². The Morgan fingerprint density at radius 2 is 1.71 bits per heavy atom. The van der Waals surface area contributed by atoms with E-state index >= 15 is 0 Å². The highest BCUT2D eigenvalue weighted by molar-refractivity contribution is 5.73. The number of rotatable bonds is 5. The summed E-state index contributed by atoms with van der Waals surface area (Å²) in [5.41, 5.74) is 3.38. The number of hydrogen-bond donors (Lipinski definition) is 2. The molecule has 2 N–H and O–H groups in total. The highest BCUT2D eigenvalue weighted by Crippen LogP contribution is 2.17. The Morgan fingerprint density at radius 3 is 2.36 bits per heavy atom. The van der Waals surface area contributed by atoms with Gasteiger partial charge in [0, 0.05) is 50.9 Å². The van der Waals surface area contributed by atoms with E-state index in [1.54, 1.807) is 19.1 Å². The SMILES string of the molecule is CC(=O)N1CCN(c2ccc(C#CCNCCc3ccc(O)cc3)cc2)CC1. The Kier molecular flexibility index (Phi) is 6.94. The van der Waals surface area contributed by atoms with Crippen LogP contribution >= 0.6 is 0 Å². The first kappa shape index (κ1) is 19.8. The average Bonchev–Trinajstić information content (AvgIpc) is 2.72. The summed E-state index contributed by atoms with van der Waals surface area (Å²) in [6.07, 6.45) is 0.910. The van der Waals surface area contributed by atoms with Crippen molar-refractivity contribution < 1.29 is 9.90 Å². The van der Waals surface area contributed by atoms with Crippen molar-refractivity contribution in [2.24, 2.45) is 0 Å². The molecule has 3 rings (SSSR count). The molecule has 146 valence electrons. The van der Waals surface area contributed by atoms with Crippen LogP contribution in [-0.2, 0) is 11.2 Å². The molecule has 1 aliphatic heterocycles. The van der Waals surface area contributed by atoms with Crippen LogP contribution in [-0.4, -0.2) is 55.2 Å². The van der Waals surface area contributed by atoms with Gasteiger partial charge in [-0.05, 0) is 48.4 Å². The van der Waals surface area contributed by atoms with E-state index in [0.717, 1.165) is 44.7 Å². The van der Waals surface area contributed by atoms with Gasteiger partial charge in [-0.25, -0.2) is 0 Å². The lowest BCUT2D eigenvalue weighted by molar-refractivity contribution is -0.129. The van der Waals surface area contributed by atoms with Crippen molar-refractivity contribution in [2.45, 2.75) is 13.3 Å². The molecule has 28 heavy (non-hydrogen) atoms. The molecule has 0 unspecified atom stereocenters. The van der Waals surface area contributed by atoms with Gasteiger partial charge in [0.05, 0.1) is 6.54 Å². The van der Waals surface area contributed by atoms with E-state index in [-0.39, 0.29) is 5.91 Å². The van der Waals surface area contributed by atoms with Gasteiger partial charge in [0.2, 0.25) is 5.91 Å². The quantitative estimate of drug-likeness (QED) is 0.620. The van der Waals surface area contributed by atoms with Gasteiger partial charge in [-0.3, -0.25) is 4.79 Å². The van der Waals surface area contributed by atoms with E-state index in [9.17, 15) is 9.90 Å². The van der Waals surface area contributed by atoms with Crippen LogP contribution < -0.4 is 10.2 Å². The Labute approximate surface area is 167 Å². The molecule has 1 fully saturated rings. The highest BCUT2D eigenvalue weighted by Gasteiger charge is 2.18. The Morgan fingerprint density at radius 1 is 1.04 bits per heavy atom. The van der Waals surface area contributed by atoms with Crippen LogP contribution in [0.2, 0.25) is 0 Å². The maximum absolute atomic E-state index is 11.4. The topological polar surface area (TPSA) is 55.8 Å². The van der Waals surface area contributed by atoms with Crippen molar-refractivity contribution in [2.75, 3.05) is 44.2 Å². The predicted octanol–water partition coefficient (Wildman–Crippen LogP) is 2.24. The molecule has 1 aliphatic rings. The lowest BCUT2D eigenvalue weighted by Gasteiger charge is -2.35. The summed E-state index contributed by atoms with van der Waals surface area (Å²) in [4.78, 5) is 15.6. The minimum atomic E-state index is 0.155. The number of piperazine rings is 1. The second kappa shape index (κ2) is 9.82. The number of nitrogens with one attached hydrogen (secondary N) is 1. The van der Waals surface area contributed by atoms with Crippen molar-refractivity contribution in [1.82, 2.24) is 10.2 Å². The Hall–Kier alpha value is -2.97. The lowest BCUT2D eigenvalue weighted by Crippen LogP contribution is -2.48. The van der Waals surface area contributed by atoms with Gasteiger partial charge in [-0.2, -0.15) is 0 Å². The van der Waals surface area contributed by atoms with Gasteiger partial charge in [0.1, 0.15) is 5.75 Å². The van der Waals surface area contributed by atoms with E-state index < -0.39 is 0 Å². The molecule has 0 aromatic heterocycles. The molecular weight excluding hydrogens is 350 g/mol. The van der Waals surface area contributed by atoms with Crippen molar-refractivity contribution in [1.29, 1.82) is 0 Å². The number of benzene rings is 2. The Balaban J connectivity index is 1.40. The van der Waals surface area contributed by atoms with E-state index in [1.165, 1.54) is 11.3 Å². The largest absolute Gasteiger partial charge is 0.508 e. The zero-order valence-electron chi connectivity index (χ0n) is 16.3.